The van der Waals surface area contributed by atoms with Crippen LogP contribution < -0.4 is 5.32 Å². The van der Waals surface area contributed by atoms with E-state index in [-0.39, 0.29) is 18.1 Å². The van der Waals surface area contributed by atoms with Crippen molar-refractivity contribution in [1.29, 1.82) is 0 Å². The van der Waals surface area contributed by atoms with E-state index in [1.165, 1.54) is 0 Å². The molecule has 1 aliphatic rings. The number of aromatic nitrogens is 4. The molecule has 2 atom stereocenters. The third-order valence-electron chi connectivity index (χ3n) is 3.67. The van der Waals surface area contributed by atoms with Gasteiger partial charge in [0.2, 0.25) is 0 Å². The monoisotopic (exact) mass is 353 g/mol. The summed E-state index contributed by atoms with van der Waals surface area (Å²) >= 11 is 3.36. The summed E-state index contributed by atoms with van der Waals surface area (Å²) in [7, 11) is 3.64. The Morgan fingerprint density at radius 2 is 2.24 bits per heavy atom. The number of carbonyl (C=O) groups is 1. The van der Waals surface area contributed by atoms with Crippen molar-refractivity contribution >= 4 is 21.8 Å². The first-order valence-electron chi connectivity index (χ1n) is 6.66. The number of carbonyl (C=O) groups excluding carboxylic acids is 1. The van der Waals surface area contributed by atoms with Gasteiger partial charge in [-0.05, 0) is 28.4 Å². The Morgan fingerprint density at radius 1 is 1.43 bits per heavy atom. The van der Waals surface area contributed by atoms with Crippen LogP contribution in [0.1, 0.15) is 28.6 Å². The normalized spacial score (nSPS) is 21.7. The lowest BCUT2D eigenvalue weighted by Crippen LogP contribution is -2.37. The van der Waals surface area contributed by atoms with Gasteiger partial charge in [-0.2, -0.15) is 10.2 Å². The SMILES string of the molecule is Cn1nccc1[C@H]1OCC[C@@H]1NC(=O)c1cnn(C)c1Br. The van der Waals surface area contributed by atoms with Crippen molar-refractivity contribution in [3.05, 3.63) is 34.3 Å². The van der Waals surface area contributed by atoms with Crippen LogP contribution in [-0.2, 0) is 18.8 Å². The van der Waals surface area contributed by atoms with Gasteiger partial charge in [-0.15, -0.1) is 0 Å². The molecule has 0 bridgehead atoms. The van der Waals surface area contributed by atoms with Crippen LogP contribution in [0.5, 0.6) is 0 Å². The van der Waals surface area contributed by atoms with Crippen molar-refractivity contribution in [2.24, 2.45) is 14.1 Å². The Labute approximate surface area is 130 Å². The summed E-state index contributed by atoms with van der Waals surface area (Å²) in [5.74, 6) is -0.155. The molecule has 1 aliphatic heterocycles. The van der Waals surface area contributed by atoms with Crippen LogP contribution in [0.2, 0.25) is 0 Å². The number of ether oxygens (including phenoxy) is 1. The van der Waals surface area contributed by atoms with Crippen LogP contribution in [0.3, 0.4) is 0 Å². The van der Waals surface area contributed by atoms with E-state index in [9.17, 15) is 4.79 Å². The molecule has 1 amide bonds. The summed E-state index contributed by atoms with van der Waals surface area (Å²) in [4.78, 5) is 12.4. The highest BCUT2D eigenvalue weighted by molar-refractivity contribution is 9.10. The molecular weight excluding hydrogens is 338 g/mol. The molecule has 3 heterocycles. The number of nitrogens with one attached hydrogen (secondary N) is 1. The number of aryl methyl sites for hydroxylation is 2. The third kappa shape index (κ3) is 2.60. The number of hydrogen-bond acceptors (Lipinski definition) is 4. The lowest BCUT2D eigenvalue weighted by atomic mass is 10.1. The Hall–Kier alpha value is -1.67. The predicted molar refractivity (Wildman–Crippen MR) is 78.7 cm³/mol. The van der Waals surface area contributed by atoms with Crippen LogP contribution in [-0.4, -0.2) is 38.1 Å². The highest BCUT2D eigenvalue weighted by atomic mass is 79.9. The van der Waals surface area contributed by atoms with E-state index in [4.69, 9.17) is 4.74 Å². The van der Waals surface area contributed by atoms with Gasteiger partial charge in [0.05, 0.1) is 23.5 Å². The molecular formula is C13H16BrN5O2. The van der Waals surface area contributed by atoms with Gasteiger partial charge in [0.25, 0.3) is 5.91 Å². The molecule has 2 aromatic rings. The second-order valence-corrected chi connectivity index (χ2v) is 5.76. The Kier molecular flexibility index (Phi) is 3.81. The van der Waals surface area contributed by atoms with Crippen molar-refractivity contribution in [3.8, 4) is 0 Å². The fraction of sp³-hybridized carbons (Fsp3) is 0.462. The van der Waals surface area contributed by atoms with Crippen LogP contribution in [0.4, 0.5) is 0 Å². The van der Waals surface area contributed by atoms with Gasteiger partial charge in [-0.3, -0.25) is 14.2 Å². The third-order valence-corrected chi connectivity index (χ3v) is 4.61. The average molecular weight is 354 g/mol. The van der Waals surface area contributed by atoms with E-state index in [0.717, 1.165) is 12.1 Å². The summed E-state index contributed by atoms with van der Waals surface area (Å²) in [6.07, 6.45) is 3.89. The zero-order chi connectivity index (χ0) is 15.0. The molecule has 8 heteroatoms. The van der Waals surface area contributed by atoms with Crippen molar-refractivity contribution in [3.63, 3.8) is 0 Å². The van der Waals surface area contributed by atoms with Gasteiger partial charge in [0.1, 0.15) is 10.7 Å². The second-order valence-electron chi connectivity index (χ2n) is 5.01. The van der Waals surface area contributed by atoms with Crippen LogP contribution in [0.25, 0.3) is 0 Å². The van der Waals surface area contributed by atoms with Gasteiger partial charge in [0, 0.05) is 26.9 Å². The number of nitrogens with zero attached hydrogens (tertiary/aromatic N) is 4. The summed E-state index contributed by atoms with van der Waals surface area (Å²) in [5, 5.41) is 11.2. The molecule has 0 unspecified atom stereocenters. The molecule has 0 aromatic carbocycles. The molecule has 0 radical (unpaired) electrons. The lowest BCUT2D eigenvalue weighted by Gasteiger charge is -2.19. The quantitative estimate of drug-likeness (QED) is 0.898. The first kappa shape index (κ1) is 14.3. The maximum absolute atomic E-state index is 12.4. The predicted octanol–water partition coefficient (Wildman–Crippen LogP) is 1.18. The second kappa shape index (κ2) is 5.61. The van der Waals surface area contributed by atoms with Crippen molar-refractivity contribution in [1.82, 2.24) is 24.9 Å². The van der Waals surface area contributed by atoms with E-state index in [0.29, 0.717) is 16.8 Å². The summed E-state index contributed by atoms with van der Waals surface area (Å²) in [5.41, 5.74) is 1.48. The minimum atomic E-state index is -0.170. The van der Waals surface area contributed by atoms with Gasteiger partial charge in [0.15, 0.2) is 0 Å². The molecule has 1 saturated heterocycles. The highest BCUT2D eigenvalue weighted by Crippen LogP contribution is 2.29. The van der Waals surface area contributed by atoms with Crippen molar-refractivity contribution in [2.45, 2.75) is 18.6 Å². The van der Waals surface area contributed by atoms with E-state index >= 15 is 0 Å². The molecule has 1 N–H and O–H groups in total. The summed E-state index contributed by atoms with van der Waals surface area (Å²) in [6.45, 7) is 0.620. The van der Waals surface area contributed by atoms with Gasteiger partial charge in [-0.25, -0.2) is 0 Å². The maximum Gasteiger partial charge on any atom is 0.255 e. The van der Waals surface area contributed by atoms with Crippen LogP contribution in [0, 0.1) is 0 Å². The Morgan fingerprint density at radius 3 is 2.86 bits per heavy atom. The zero-order valence-corrected chi connectivity index (χ0v) is 13.4. The molecule has 2 aromatic heterocycles. The largest absolute Gasteiger partial charge is 0.370 e. The van der Waals surface area contributed by atoms with Gasteiger partial charge < -0.3 is 10.1 Å². The van der Waals surface area contributed by atoms with Crippen molar-refractivity contribution in [2.75, 3.05) is 6.61 Å². The molecule has 21 heavy (non-hydrogen) atoms. The minimum Gasteiger partial charge on any atom is -0.370 e. The standard InChI is InChI=1S/C13H16BrN5O2/c1-18-10(3-5-15-18)11-9(4-6-21-11)17-13(20)8-7-16-19(2)12(8)14/h3,5,7,9,11H,4,6H2,1-2H3,(H,17,20)/t9-,11-/m0/s1. The van der Waals surface area contributed by atoms with E-state index in [2.05, 4.69) is 31.4 Å². The fourth-order valence-corrected chi connectivity index (χ4v) is 2.89. The Balaban J connectivity index is 1.76. The molecule has 0 saturated carbocycles. The zero-order valence-electron chi connectivity index (χ0n) is 11.8. The molecule has 7 nitrogen and oxygen atoms in total. The van der Waals surface area contributed by atoms with E-state index in [1.807, 2.05) is 13.1 Å². The van der Waals surface area contributed by atoms with Gasteiger partial charge in [-0.1, -0.05) is 0 Å². The fourth-order valence-electron chi connectivity index (χ4n) is 2.51. The summed E-state index contributed by atoms with van der Waals surface area (Å²) in [6, 6.07) is 1.84. The lowest BCUT2D eigenvalue weighted by molar-refractivity contribution is 0.0792. The molecule has 3 rings (SSSR count). The molecule has 1 fully saturated rings. The average Bonchev–Trinajstić information content (AvgIpc) is 3.13. The van der Waals surface area contributed by atoms with Gasteiger partial charge >= 0.3 is 0 Å². The van der Waals surface area contributed by atoms with Crippen LogP contribution >= 0.6 is 15.9 Å². The molecule has 0 spiro atoms. The van der Waals surface area contributed by atoms with E-state index in [1.54, 1.807) is 28.8 Å². The first-order chi connectivity index (χ1) is 10.1. The van der Waals surface area contributed by atoms with E-state index < -0.39 is 0 Å². The van der Waals surface area contributed by atoms with Crippen LogP contribution in [0.15, 0.2) is 23.1 Å². The molecule has 112 valence electrons. The number of amides is 1. The number of halogens is 1. The minimum absolute atomic E-state index is 0.0694. The van der Waals surface area contributed by atoms with Crippen molar-refractivity contribution < 1.29 is 9.53 Å². The highest BCUT2D eigenvalue weighted by Gasteiger charge is 2.33. The Bertz CT molecular complexity index is 665. The smallest absolute Gasteiger partial charge is 0.255 e. The maximum atomic E-state index is 12.4. The molecule has 0 aliphatic carbocycles. The first-order valence-corrected chi connectivity index (χ1v) is 7.45. The number of rotatable bonds is 3. The number of hydrogen-bond donors (Lipinski definition) is 1. The summed E-state index contributed by atoms with van der Waals surface area (Å²) < 4.78 is 9.80. The topological polar surface area (TPSA) is 74.0 Å².